The summed E-state index contributed by atoms with van der Waals surface area (Å²) in [6, 6.07) is 15.6. The Hall–Kier alpha value is -1.82. The molecule has 0 aromatic heterocycles. The highest BCUT2D eigenvalue weighted by atomic mass is 28.4. The molecule has 2 heterocycles. The molecule has 6 aliphatic rings. The highest BCUT2D eigenvalue weighted by Crippen LogP contribution is 2.73. The third kappa shape index (κ3) is 2.70. The van der Waals surface area contributed by atoms with Crippen molar-refractivity contribution in [2.24, 2.45) is 23.7 Å². The van der Waals surface area contributed by atoms with E-state index in [1.807, 2.05) is 0 Å². The molecule has 2 aromatic carbocycles. The number of fused-ring (bicyclic) bond motifs is 4. The van der Waals surface area contributed by atoms with Gasteiger partial charge in [0.05, 0.1) is 5.69 Å². The fourth-order valence-corrected chi connectivity index (χ4v) is 9.29. The highest BCUT2D eigenvalue weighted by Gasteiger charge is 2.77. The number of benzene rings is 2. The molecule has 8 rings (SSSR count). The predicted molar refractivity (Wildman–Crippen MR) is 141 cm³/mol. The summed E-state index contributed by atoms with van der Waals surface area (Å²) in [5.74, 6) is 3.87. The monoisotopic (exact) mass is 489 g/mol. The van der Waals surface area contributed by atoms with Crippen molar-refractivity contribution in [2.45, 2.75) is 82.2 Å². The summed E-state index contributed by atoms with van der Waals surface area (Å²) in [5, 5.41) is 0.151. The van der Waals surface area contributed by atoms with Crippen LogP contribution in [0.2, 0.25) is 18.1 Å². The molecule has 5 heteroatoms. The Morgan fingerprint density at radius 1 is 0.857 bits per heavy atom. The summed E-state index contributed by atoms with van der Waals surface area (Å²) in [6.45, 7) is 11.5. The summed E-state index contributed by atoms with van der Waals surface area (Å²) in [5.41, 5.74) is 4.14. The van der Waals surface area contributed by atoms with Gasteiger partial charge in [-0.05, 0) is 92.1 Å². The molecular weight excluding hydrogens is 450 g/mol. The van der Waals surface area contributed by atoms with Gasteiger partial charge < -0.3 is 9.33 Å². The molecule has 35 heavy (non-hydrogen) atoms. The van der Waals surface area contributed by atoms with Crippen molar-refractivity contribution in [2.75, 3.05) is 11.9 Å². The molecule has 4 nitrogen and oxygen atoms in total. The topological polar surface area (TPSA) is 30.9 Å². The fourth-order valence-electron chi connectivity index (χ4n) is 8.26. The molecule has 4 bridgehead atoms. The standard InChI is InChI=1S/C30H39NO3Si/c1-28(2,3)35(5,6)32-23-11-12-25-27(18-23)31(4)26-10-8-7-9-24(26)30(25)29(33-34-30)21-14-19-13-20(16-21)17-22(29)15-19/h7-12,18-22H,13-17H2,1-6H3. The van der Waals surface area contributed by atoms with Crippen LogP contribution in [0.5, 0.6) is 5.75 Å². The van der Waals surface area contributed by atoms with Crippen LogP contribution in [-0.2, 0) is 15.4 Å². The van der Waals surface area contributed by atoms with Crippen LogP contribution in [0.1, 0.15) is 64.0 Å². The van der Waals surface area contributed by atoms with Crippen LogP contribution >= 0.6 is 0 Å². The van der Waals surface area contributed by atoms with Gasteiger partial charge in [0, 0.05) is 29.9 Å². The van der Waals surface area contributed by atoms with E-state index >= 15 is 0 Å². The van der Waals surface area contributed by atoms with Crippen LogP contribution in [0, 0.1) is 23.7 Å². The first kappa shape index (κ1) is 22.4. The van der Waals surface area contributed by atoms with Crippen molar-refractivity contribution < 1.29 is 14.2 Å². The van der Waals surface area contributed by atoms with E-state index in [1.165, 1.54) is 54.6 Å². The number of rotatable bonds is 2. The van der Waals surface area contributed by atoms with Gasteiger partial charge in [0.1, 0.15) is 11.4 Å². The summed E-state index contributed by atoms with van der Waals surface area (Å²) >= 11 is 0. The minimum Gasteiger partial charge on any atom is -0.543 e. The third-order valence-corrected chi connectivity index (χ3v) is 15.1. The van der Waals surface area contributed by atoms with Crippen molar-refractivity contribution in [3.63, 3.8) is 0 Å². The summed E-state index contributed by atoms with van der Waals surface area (Å²) < 4.78 is 6.76. The van der Waals surface area contributed by atoms with E-state index in [9.17, 15) is 0 Å². The first-order valence-corrected chi connectivity index (χ1v) is 16.5. The number of hydrogen-bond donors (Lipinski definition) is 0. The summed E-state index contributed by atoms with van der Waals surface area (Å²) in [7, 11) is 0.235. The van der Waals surface area contributed by atoms with Gasteiger partial charge in [-0.1, -0.05) is 39.0 Å². The number of anilines is 2. The summed E-state index contributed by atoms with van der Waals surface area (Å²) in [6.07, 6.45) is 6.59. The van der Waals surface area contributed by atoms with E-state index in [0.29, 0.717) is 11.8 Å². The second kappa shape index (κ2) is 6.93. The largest absolute Gasteiger partial charge is 0.543 e. The predicted octanol–water partition coefficient (Wildman–Crippen LogP) is 7.55. The van der Waals surface area contributed by atoms with Gasteiger partial charge in [0.25, 0.3) is 0 Å². The minimum atomic E-state index is -1.95. The lowest BCUT2D eigenvalue weighted by atomic mass is 9.44. The Balaban J connectivity index is 1.39. The maximum atomic E-state index is 6.76. The van der Waals surface area contributed by atoms with Crippen LogP contribution in [-0.4, -0.2) is 21.0 Å². The van der Waals surface area contributed by atoms with Gasteiger partial charge in [0.2, 0.25) is 8.32 Å². The zero-order chi connectivity index (χ0) is 24.4. The van der Waals surface area contributed by atoms with Gasteiger partial charge in [-0.15, -0.1) is 0 Å². The third-order valence-electron chi connectivity index (χ3n) is 10.7. The van der Waals surface area contributed by atoms with Crippen molar-refractivity contribution in [1.29, 1.82) is 0 Å². The molecule has 186 valence electrons. The molecule has 0 radical (unpaired) electrons. The van der Waals surface area contributed by atoms with E-state index < -0.39 is 13.9 Å². The lowest BCUT2D eigenvalue weighted by Gasteiger charge is -2.70. The lowest BCUT2D eigenvalue weighted by molar-refractivity contribution is -0.583. The zero-order valence-corrected chi connectivity index (χ0v) is 23.1. The Bertz CT molecular complexity index is 1170. The molecule has 2 spiro atoms. The average molecular weight is 490 g/mol. The van der Waals surface area contributed by atoms with E-state index in [-0.39, 0.29) is 10.6 Å². The van der Waals surface area contributed by atoms with Crippen LogP contribution in [0.3, 0.4) is 0 Å². The van der Waals surface area contributed by atoms with Crippen LogP contribution in [0.15, 0.2) is 42.5 Å². The Labute approximate surface area is 211 Å². The van der Waals surface area contributed by atoms with Gasteiger partial charge in [-0.3, -0.25) is 0 Å². The molecule has 4 aliphatic carbocycles. The fraction of sp³-hybridized carbons (Fsp3) is 0.600. The van der Waals surface area contributed by atoms with E-state index in [2.05, 4.69) is 88.3 Å². The van der Waals surface area contributed by atoms with E-state index in [1.54, 1.807) is 0 Å². The average Bonchev–Trinajstić information content (AvgIpc) is 2.77. The zero-order valence-electron chi connectivity index (χ0n) is 22.1. The van der Waals surface area contributed by atoms with Crippen molar-refractivity contribution in [1.82, 2.24) is 0 Å². The van der Waals surface area contributed by atoms with Gasteiger partial charge in [0.15, 0.2) is 5.60 Å². The number of para-hydroxylation sites is 1. The quantitative estimate of drug-likeness (QED) is 0.322. The first-order chi connectivity index (χ1) is 16.6. The maximum absolute atomic E-state index is 6.76. The van der Waals surface area contributed by atoms with Crippen LogP contribution in [0.4, 0.5) is 11.4 Å². The maximum Gasteiger partial charge on any atom is 0.250 e. The minimum absolute atomic E-state index is 0.151. The van der Waals surface area contributed by atoms with Crippen LogP contribution < -0.4 is 9.33 Å². The second-order valence-electron chi connectivity index (χ2n) is 13.6. The summed E-state index contributed by atoms with van der Waals surface area (Å²) in [4.78, 5) is 15.3. The Morgan fingerprint density at radius 2 is 1.49 bits per heavy atom. The van der Waals surface area contributed by atoms with Crippen molar-refractivity contribution in [3.05, 3.63) is 53.6 Å². The molecule has 2 aromatic rings. The second-order valence-corrected chi connectivity index (χ2v) is 18.3. The first-order valence-electron chi connectivity index (χ1n) is 13.6. The lowest BCUT2D eigenvalue weighted by Crippen LogP contribution is -2.76. The molecular formula is C30H39NO3Si. The normalized spacial score (nSPS) is 36.8. The number of hydrogen-bond acceptors (Lipinski definition) is 4. The highest BCUT2D eigenvalue weighted by molar-refractivity contribution is 6.74. The van der Waals surface area contributed by atoms with Crippen molar-refractivity contribution >= 4 is 19.7 Å². The Kier molecular flexibility index (Phi) is 4.43. The Morgan fingerprint density at radius 3 is 2.09 bits per heavy atom. The molecule has 1 saturated heterocycles. The van der Waals surface area contributed by atoms with Gasteiger partial charge in [-0.25, -0.2) is 9.78 Å². The van der Waals surface area contributed by atoms with E-state index in [4.69, 9.17) is 14.2 Å². The van der Waals surface area contributed by atoms with Crippen molar-refractivity contribution in [3.8, 4) is 5.75 Å². The molecule has 2 aliphatic heterocycles. The van der Waals surface area contributed by atoms with Gasteiger partial charge >= 0.3 is 0 Å². The smallest absolute Gasteiger partial charge is 0.250 e. The molecule has 0 N–H and O–H groups in total. The van der Waals surface area contributed by atoms with Gasteiger partial charge in [-0.2, -0.15) is 0 Å². The molecule has 1 unspecified atom stereocenters. The molecule has 1 atom stereocenters. The molecule has 0 amide bonds. The molecule has 5 fully saturated rings. The van der Waals surface area contributed by atoms with E-state index in [0.717, 1.165) is 17.6 Å². The number of nitrogens with zero attached hydrogens (tertiary/aromatic N) is 1. The van der Waals surface area contributed by atoms with Crippen LogP contribution in [0.25, 0.3) is 0 Å². The SMILES string of the molecule is CN1c2ccccc2C2(OOC23C2CC4CC(C2)CC3C4)c2ccc(O[Si](C)(C)C(C)(C)C)cc21. The molecule has 4 saturated carbocycles.